The molecular formula is C16H22O11. The molecule has 0 unspecified atom stereocenters. The molecule has 0 radical (unpaired) electrons. The maximum absolute atomic E-state index is 11.0. The van der Waals surface area contributed by atoms with E-state index in [2.05, 4.69) is 9.47 Å². The lowest BCUT2D eigenvalue weighted by Crippen LogP contribution is -2.14. The first-order chi connectivity index (χ1) is 12.9. The molecule has 0 aliphatic rings. The van der Waals surface area contributed by atoms with Gasteiger partial charge in [-0.3, -0.25) is 0 Å². The first-order valence-electron chi connectivity index (χ1n) is 7.80. The van der Waals surface area contributed by atoms with Crippen molar-refractivity contribution in [2.24, 2.45) is 0 Å². The number of carbonyl (C=O) groups is 4. The van der Waals surface area contributed by atoms with Crippen molar-refractivity contribution < 1.29 is 53.1 Å². The molecule has 0 aromatic rings. The molecule has 11 heteroatoms. The van der Waals surface area contributed by atoms with E-state index in [1.807, 2.05) is 0 Å². The molecule has 0 atom stereocenters. The van der Waals surface area contributed by atoms with Crippen LogP contribution in [0.2, 0.25) is 0 Å². The highest BCUT2D eigenvalue weighted by Crippen LogP contribution is 1.87. The van der Waals surface area contributed by atoms with Gasteiger partial charge in [-0.05, 0) is 0 Å². The van der Waals surface area contributed by atoms with Crippen molar-refractivity contribution in [3.8, 4) is 0 Å². The lowest BCUT2D eigenvalue weighted by Gasteiger charge is -2.07. The largest absolute Gasteiger partial charge is 0.478 e. The number of ether oxygens (including phenoxy) is 5. The summed E-state index contributed by atoms with van der Waals surface area (Å²) in [6.07, 6.45) is 2.97. The predicted octanol–water partition coefficient (Wildman–Crippen LogP) is -0.596. The molecule has 11 nitrogen and oxygen atoms in total. The number of rotatable bonds is 16. The van der Waals surface area contributed by atoms with E-state index in [1.165, 1.54) is 0 Å². The molecule has 0 aromatic heterocycles. The maximum atomic E-state index is 11.0. The SMILES string of the molecule is O=C(O)/C=C\C(=O)OCCOCCOCCOCCOC(=O)/C=C\C(=O)O. The fraction of sp³-hybridized carbons (Fsp3) is 0.500. The third kappa shape index (κ3) is 19.4. The second kappa shape index (κ2) is 16.7. The Morgan fingerprint density at radius 1 is 0.519 bits per heavy atom. The Hall–Kier alpha value is -2.76. The molecule has 0 aromatic carbocycles. The number of carboxylic acids is 2. The van der Waals surface area contributed by atoms with Crippen LogP contribution < -0.4 is 0 Å². The molecule has 0 fully saturated rings. The minimum absolute atomic E-state index is 0.00766. The van der Waals surface area contributed by atoms with Crippen molar-refractivity contribution in [2.75, 3.05) is 52.9 Å². The molecular weight excluding hydrogens is 368 g/mol. The van der Waals surface area contributed by atoms with Crippen molar-refractivity contribution in [3.63, 3.8) is 0 Å². The van der Waals surface area contributed by atoms with Crippen LogP contribution in [0, 0.1) is 0 Å². The van der Waals surface area contributed by atoms with Gasteiger partial charge in [-0.1, -0.05) is 0 Å². The Kier molecular flexibility index (Phi) is 15.0. The van der Waals surface area contributed by atoms with Crippen LogP contribution in [-0.4, -0.2) is 86.9 Å². The van der Waals surface area contributed by atoms with Gasteiger partial charge in [0.05, 0.1) is 39.6 Å². The minimum atomic E-state index is -1.24. The molecule has 0 heterocycles. The molecule has 0 saturated carbocycles. The summed E-state index contributed by atoms with van der Waals surface area (Å²) >= 11 is 0. The Morgan fingerprint density at radius 3 is 1.11 bits per heavy atom. The maximum Gasteiger partial charge on any atom is 0.331 e. The molecule has 2 N–H and O–H groups in total. The zero-order chi connectivity index (χ0) is 20.3. The van der Waals surface area contributed by atoms with Crippen LogP contribution in [-0.2, 0) is 42.9 Å². The number of hydrogen-bond acceptors (Lipinski definition) is 9. The van der Waals surface area contributed by atoms with Gasteiger partial charge in [0.2, 0.25) is 0 Å². The van der Waals surface area contributed by atoms with E-state index in [4.69, 9.17) is 24.4 Å². The second-order valence-corrected chi connectivity index (χ2v) is 4.52. The monoisotopic (exact) mass is 390 g/mol. The third-order valence-electron chi connectivity index (χ3n) is 2.41. The summed E-state index contributed by atoms with van der Waals surface area (Å²) in [4.78, 5) is 42.3. The van der Waals surface area contributed by atoms with E-state index in [0.29, 0.717) is 25.4 Å². The average molecular weight is 390 g/mol. The van der Waals surface area contributed by atoms with Crippen molar-refractivity contribution in [2.45, 2.75) is 0 Å². The highest BCUT2D eigenvalue weighted by molar-refractivity contribution is 5.91. The lowest BCUT2D eigenvalue weighted by molar-refractivity contribution is -0.140. The number of carbonyl (C=O) groups excluding carboxylic acids is 2. The fourth-order valence-electron chi connectivity index (χ4n) is 1.32. The van der Waals surface area contributed by atoms with E-state index in [9.17, 15) is 19.2 Å². The fourth-order valence-corrected chi connectivity index (χ4v) is 1.32. The highest BCUT2D eigenvalue weighted by Gasteiger charge is 1.99. The number of carboxylic acid groups (broad SMARTS) is 2. The molecule has 152 valence electrons. The number of hydrogen-bond donors (Lipinski definition) is 2. The number of esters is 2. The van der Waals surface area contributed by atoms with Crippen molar-refractivity contribution in [3.05, 3.63) is 24.3 Å². The minimum Gasteiger partial charge on any atom is -0.478 e. The van der Waals surface area contributed by atoms with Gasteiger partial charge in [-0.25, -0.2) is 19.2 Å². The van der Waals surface area contributed by atoms with Gasteiger partial charge in [0.1, 0.15) is 13.2 Å². The van der Waals surface area contributed by atoms with Crippen LogP contribution in [0.25, 0.3) is 0 Å². The smallest absolute Gasteiger partial charge is 0.331 e. The summed E-state index contributed by atoms with van der Waals surface area (Å²) in [6, 6.07) is 0. The van der Waals surface area contributed by atoms with E-state index in [-0.39, 0.29) is 39.6 Å². The van der Waals surface area contributed by atoms with Gasteiger partial charge in [-0.15, -0.1) is 0 Å². The Labute approximate surface area is 155 Å². The summed E-state index contributed by atoms with van der Waals surface area (Å²) in [7, 11) is 0. The quantitative estimate of drug-likeness (QED) is 0.197. The van der Waals surface area contributed by atoms with Gasteiger partial charge in [0, 0.05) is 24.3 Å². The van der Waals surface area contributed by atoms with Gasteiger partial charge in [0.15, 0.2) is 0 Å². The van der Waals surface area contributed by atoms with Crippen LogP contribution in [0.4, 0.5) is 0 Å². The zero-order valence-corrected chi connectivity index (χ0v) is 14.5. The molecule has 0 aliphatic carbocycles. The van der Waals surface area contributed by atoms with E-state index in [0.717, 1.165) is 12.2 Å². The summed E-state index contributed by atoms with van der Waals surface area (Å²) in [6.45, 7) is 1.42. The summed E-state index contributed by atoms with van der Waals surface area (Å²) in [5.74, 6) is -4.01. The lowest BCUT2D eigenvalue weighted by atomic mass is 10.5. The van der Waals surface area contributed by atoms with Crippen LogP contribution in [0.5, 0.6) is 0 Å². The van der Waals surface area contributed by atoms with Gasteiger partial charge < -0.3 is 33.9 Å². The molecule has 0 rings (SSSR count). The second-order valence-electron chi connectivity index (χ2n) is 4.52. The van der Waals surface area contributed by atoms with Crippen molar-refractivity contribution >= 4 is 23.9 Å². The Morgan fingerprint density at radius 2 is 0.815 bits per heavy atom. The van der Waals surface area contributed by atoms with Gasteiger partial charge in [0.25, 0.3) is 0 Å². The zero-order valence-electron chi connectivity index (χ0n) is 14.5. The van der Waals surface area contributed by atoms with E-state index >= 15 is 0 Å². The average Bonchev–Trinajstić information content (AvgIpc) is 2.62. The topological polar surface area (TPSA) is 155 Å². The number of aliphatic carboxylic acids is 2. The third-order valence-corrected chi connectivity index (χ3v) is 2.41. The van der Waals surface area contributed by atoms with E-state index in [1.54, 1.807) is 0 Å². The normalized spacial score (nSPS) is 11.0. The Bertz CT molecular complexity index is 478. The van der Waals surface area contributed by atoms with Crippen molar-refractivity contribution in [1.29, 1.82) is 0 Å². The first-order valence-corrected chi connectivity index (χ1v) is 7.80. The van der Waals surface area contributed by atoms with E-state index < -0.39 is 23.9 Å². The molecule has 0 amide bonds. The van der Waals surface area contributed by atoms with Crippen LogP contribution in [0.15, 0.2) is 24.3 Å². The molecule has 0 aliphatic heterocycles. The standard InChI is InChI=1S/C16H22O11/c17-13(18)1-3-15(21)26-11-9-24-7-5-23-6-8-25-10-12-27-16(22)4-2-14(19)20/h1-4H,5-12H2,(H,17,18)(H,19,20)/b3-1-,4-2-. The molecule has 0 saturated heterocycles. The summed E-state index contributed by atoms with van der Waals surface area (Å²) in [5, 5.41) is 16.6. The Balaban J connectivity index is 3.32. The van der Waals surface area contributed by atoms with Gasteiger partial charge >= 0.3 is 23.9 Å². The summed E-state index contributed by atoms with van der Waals surface area (Å²) < 4.78 is 24.8. The first kappa shape index (κ1) is 24.2. The van der Waals surface area contributed by atoms with Crippen LogP contribution in [0.3, 0.4) is 0 Å². The van der Waals surface area contributed by atoms with Crippen LogP contribution in [0.1, 0.15) is 0 Å². The molecule has 0 bridgehead atoms. The van der Waals surface area contributed by atoms with Crippen LogP contribution >= 0.6 is 0 Å². The van der Waals surface area contributed by atoms with Crippen molar-refractivity contribution in [1.82, 2.24) is 0 Å². The predicted molar refractivity (Wildman–Crippen MR) is 87.9 cm³/mol. The molecule has 0 spiro atoms. The highest BCUT2D eigenvalue weighted by atomic mass is 16.6. The molecule has 27 heavy (non-hydrogen) atoms. The van der Waals surface area contributed by atoms with Gasteiger partial charge in [-0.2, -0.15) is 0 Å². The summed E-state index contributed by atoms with van der Waals surface area (Å²) in [5.41, 5.74) is 0.